The van der Waals surface area contributed by atoms with Gasteiger partial charge in [0.25, 0.3) is 5.91 Å². The monoisotopic (exact) mass is 320 g/mol. The molecule has 0 heterocycles. The molecule has 5 heteroatoms. The molecule has 0 fully saturated rings. The number of amides is 1. The molecule has 0 aliphatic rings. The zero-order valence-corrected chi connectivity index (χ0v) is 11.7. The summed E-state index contributed by atoms with van der Waals surface area (Å²) in [6.45, 7) is 0.322. The van der Waals surface area contributed by atoms with Gasteiger partial charge in [-0.2, -0.15) is 0 Å². The van der Waals surface area contributed by atoms with Crippen molar-refractivity contribution in [3.63, 3.8) is 0 Å². The Morgan fingerprint density at radius 3 is 2.63 bits per heavy atom. The maximum absolute atomic E-state index is 11.8. The predicted octanol–water partition coefficient (Wildman–Crippen LogP) is 2.89. The van der Waals surface area contributed by atoms with Crippen molar-refractivity contribution in [2.75, 3.05) is 5.73 Å². The molecule has 0 atom stereocenters. The molecule has 3 N–H and O–H groups in total. The van der Waals surface area contributed by atoms with Gasteiger partial charge >= 0.3 is 0 Å². The normalized spacial score (nSPS) is 10.2. The van der Waals surface area contributed by atoms with E-state index in [1.807, 2.05) is 30.3 Å². The molecule has 0 spiro atoms. The van der Waals surface area contributed by atoms with Crippen LogP contribution < -0.4 is 11.2 Å². The number of carbonyl (C=O) groups is 1. The summed E-state index contributed by atoms with van der Waals surface area (Å²) < 4.78 is 0.684. The Hall–Kier alpha value is -1.85. The fourth-order valence-corrected chi connectivity index (χ4v) is 1.87. The second kappa shape index (κ2) is 6.36. The van der Waals surface area contributed by atoms with Crippen LogP contribution in [0.3, 0.4) is 0 Å². The number of benzene rings is 2. The Bertz CT molecular complexity index is 573. The summed E-state index contributed by atoms with van der Waals surface area (Å²) in [5, 5.41) is 0. The van der Waals surface area contributed by atoms with Crippen molar-refractivity contribution in [1.82, 2.24) is 5.48 Å². The number of nitrogens with one attached hydrogen (secondary N) is 1. The first-order valence-electron chi connectivity index (χ1n) is 5.68. The second-order valence-electron chi connectivity index (χ2n) is 3.94. The Kier molecular flexibility index (Phi) is 4.54. The van der Waals surface area contributed by atoms with E-state index in [1.165, 1.54) is 0 Å². The van der Waals surface area contributed by atoms with E-state index in [-0.39, 0.29) is 5.91 Å². The molecular weight excluding hydrogens is 308 g/mol. The highest BCUT2D eigenvalue weighted by atomic mass is 79.9. The molecule has 0 saturated carbocycles. The summed E-state index contributed by atoms with van der Waals surface area (Å²) in [6.07, 6.45) is 0. The third-order valence-electron chi connectivity index (χ3n) is 2.51. The number of hydroxylamine groups is 1. The maximum Gasteiger partial charge on any atom is 0.274 e. The Balaban J connectivity index is 1.89. The van der Waals surface area contributed by atoms with Crippen molar-refractivity contribution < 1.29 is 9.63 Å². The zero-order valence-electron chi connectivity index (χ0n) is 10.1. The minimum Gasteiger partial charge on any atom is -0.398 e. The van der Waals surface area contributed by atoms with Crippen LogP contribution in [0.2, 0.25) is 0 Å². The van der Waals surface area contributed by atoms with Crippen molar-refractivity contribution in [2.24, 2.45) is 0 Å². The number of halogens is 1. The molecule has 2 aromatic rings. The van der Waals surface area contributed by atoms with E-state index in [0.717, 1.165) is 5.56 Å². The molecule has 98 valence electrons. The van der Waals surface area contributed by atoms with Gasteiger partial charge in [-0.05, 0) is 39.7 Å². The van der Waals surface area contributed by atoms with Gasteiger partial charge < -0.3 is 5.73 Å². The van der Waals surface area contributed by atoms with Crippen molar-refractivity contribution in [2.45, 2.75) is 6.61 Å². The second-order valence-corrected chi connectivity index (χ2v) is 4.80. The summed E-state index contributed by atoms with van der Waals surface area (Å²) in [7, 11) is 0. The van der Waals surface area contributed by atoms with Crippen molar-refractivity contribution >= 4 is 27.5 Å². The molecule has 0 aliphatic carbocycles. The molecule has 1 amide bonds. The topological polar surface area (TPSA) is 64.4 Å². The number of nitrogens with two attached hydrogens (primary N) is 1. The van der Waals surface area contributed by atoms with E-state index in [4.69, 9.17) is 10.6 Å². The number of hydrogen-bond acceptors (Lipinski definition) is 3. The summed E-state index contributed by atoms with van der Waals surface area (Å²) in [5.74, 6) is -0.309. The number of hydrogen-bond donors (Lipinski definition) is 2. The highest BCUT2D eigenvalue weighted by Crippen LogP contribution is 2.20. The van der Waals surface area contributed by atoms with Gasteiger partial charge in [-0.3, -0.25) is 9.63 Å². The van der Waals surface area contributed by atoms with E-state index in [9.17, 15) is 4.79 Å². The Morgan fingerprint density at radius 1 is 1.21 bits per heavy atom. The molecule has 2 rings (SSSR count). The number of rotatable bonds is 4. The molecule has 2 aromatic carbocycles. The highest BCUT2D eigenvalue weighted by molar-refractivity contribution is 9.10. The van der Waals surface area contributed by atoms with E-state index < -0.39 is 0 Å². The van der Waals surface area contributed by atoms with Crippen molar-refractivity contribution in [3.8, 4) is 0 Å². The van der Waals surface area contributed by atoms with Gasteiger partial charge in [0.05, 0.1) is 6.61 Å². The first-order chi connectivity index (χ1) is 9.16. The minimum absolute atomic E-state index is 0.309. The lowest BCUT2D eigenvalue weighted by Gasteiger charge is -2.07. The number of nitrogen functional groups attached to an aromatic ring is 1. The molecule has 0 saturated heterocycles. The quantitative estimate of drug-likeness (QED) is 0.672. The van der Waals surface area contributed by atoms with Crippen LogP contribution in [0.25, 0.3) is 0 Å². The van der Waals surface area contributed by atoms with Gasteiger partial charge in [-0.25, -0.2) is 5.48 Å². The molecule has 4 nitrogen and oxygen atoms in total. The van der Waals surface area contributed by atoms with Crippen LogP contribution in [0.5, 0.6) is 0 Å². The molecule has 0 bridgehead atoms. The van der Waals surface area contributed by atoms with E-state index in [0.29, 0.717) is 22.3 Å². The number of carbonyl (C=O) groups excluding carboxylic acids is 1. The van der Waals surface area contributed by atoms with E-state index in [1.54, 1.807) is 18.2 Å². The number of anilines is 1. The van der Waals surface area contributed by atoms with Gasteiger partial charge in [0, 0.05) is 15.7 Å². The third-order valence-corrected chi connectivity index (χ3v) is 3.20. The highest BCUT2D eigenvalue weighted by Gasteiger charge is 2.07. The van der Waals surface area contributed by atoms with Crippen LogP contribution in [0.1, 0.15) is 15.9 Å². The van der Waals surface area contributed by atoms with Gasteiger partial charge in [-0.1, -0.05) is 30.3 Å². The summed E-state index contributed by atoms with van der Waals surface area (Å²) in [4.78, 5) is 17.0. The molecule has 0 aromatic heterocycles. The van der Waals surface area contributed by atoms with Gasteiger partial charge in [0.15, 0.2) is 0 Å². The largest absolute Gasteiger partial charge is 0.398 e. The predicted molar refractivity (Wildman–Crippen MR) is 77.3 cm³/mol. The SMILES string of the molecule is Nc1ccc(C(=O)NOCc2ccccc2)cc1Br. The van der Waals surface area contributed by atoms with E-state index >= 15 is 0 Å². The Morgan fingerprint density at radius 2 is 1.95 bits per heavy atom. The van der Waals surface area contributed by atoms with Crippen LogP contribution in [0.4, 0.5) is 5.69 Å². The van der Waals surface area contributed by atoms with Gasteiger partial charge in [-0.15, -0.1) is 0 Å². The average Bonchev–Trinajstić information content (AvgIpc) is 2.43. The standard InChI is InChI=1S/C14H13BrN2O2/c15-12-8-11(6-7-13(12)16)14(18)17-19-9-10-4-2-1-3-5-10/h1-8H,9,16H2,(H,17,18). The smallest absolute Gasteiger partial charge is 0.274 e. The summed E-state index contributed by atoms with van der Waals surface area (Å²) in [6, 6.07) is 14.6. The minimum atomic E-state index is -0.309. The molecule has 19 heavy (non-hydrogen) atoms. The third kappa shape index (κ3) is 3.81. The van der Waals surface area contributed by atoms with Crippen LogP contribution in [-0.4, -0.2) is 5.91 Å². The lowest BCUT2D eigenvalue weighted by Crippen LogP contribution is -2.23. The lowest BCUT2D eigenvalue weighted by atomic mass is 10.2. The molecule has 0 radical (unpaired) electrons. The first kappa shape index (κ1) is 13.6. The molecule has 0 aliphatic heterocycles. The van der Waals surface area contributed by atoms with Crippen molar-refractivity contribution in [1.29, 1.82) is 0 Å². The lowest BCUT2D eigenvalue weighted by molar-refractivity contribution is 0.0233. The fraction of sp³-hybridized carbons (Fsp3) is 0.0714. The molecule has 0 unspecified atom stereocenters. The zero-order chi connectivity index (χ0) is 13.7. The average molecular weight is 321 g/mol. The van der Waals surface area contributed by atoms with Crippen LogP contribution in [0, 0.1) is 0 Å². The van der Waals surface area contributed by atoms with Gasteiger partial charge in [0.1, 0.15) is 0 Å². The fourth-order valence-electron chi connectivity index (χ4n) is 1.49. The first-order valence-corrected chi connectivity index (χ1v) is 6.47. The van der Waals surface area contributed by atoms with Crippen LogP contribution >= 0.6 is 15.9 Å². The van der Waals surface area contributed by atoms with Crippen LogP contribution in [0.15, 0.2) is 53.0 Å². The van der Waals surface area contributed by atoms with E-state index in [2.05, 4.69) is 21.4 Å². The maximum atomic E-state index is 11.8. The van der Waals surface area contributed by atoms with Crippen LogP contribution in [-0.2, 0) is 11.4 Å². The summed E-state index contributed by atoms with van der Waals surface area (Å²) >= 11 is 3.27. The Labute approximate surface area is 119 Å². The van der Waals surface area contributed by atoms with Crippen molar-refractivity contribution in [3.05, 3.63) is 64.1 Å². The summed E-state index contributed by atoms with van der Waals surface area (Å²) in [5.41, 5.74) is 10.1. The van der Waals surface area contributed by atoms with Gasteiger partial charge in [0.2, 0.25) is 0 Å². The molecular formula is C14H13BrN2O2.